The van der Waals surface area contributed by atoms with Crippen LogP contribution in [0, 0.1) is 20.8 Å². The van der Waals surface area contributed by atoms with Crippen LogP contribution in [-0.4, -0.2) is 22.8 Å². The van der Waals surface area contributed by atoms with Gasteiger partial charge in [0.2, 0.25) is 0 Å². The van der Waals surface area contributed by atoms with Crippen LogP contribution in [0.25, 0.3) is 0 Å². The number of hydrogen-bond acceptors (Lipinski definition) is 4. The number of carbonyl (C=O) groups excluding carboxylic acids is 1. The first-order valence-electron chi connectivity index (χ1n) is 5.65. The fraction of sp³-hybridized carbons (Fsp3) is 0.462. The van der Waals surface area contributed by atoms with Crippen LogP contribution in [-0.2, 0) is 9.53 Å². The molecule has 100 valence electrons. The van der Waals surface area contributed by atoms with Crippen LogP contribution in [0.4, 0.5) is 0 Å². The van der Waals surface area contributed by atoms with Gasteiger partial charge in [-0.1, -0.05) is 0 Å². The Balaban J connectivity index is 3.37. The average Bonchev–Trinajstić information content (AvgIpc) is 2.34. The van der Waals surface area contributed by atoms with Crippen LogP contribution >= 0.6 is 15.9 Å². The molecule has 0 aliphatic rings. The lowest BCUT2D eigenvalue weighted by Crippen LogP contribution is -2.18. The van der Waals surface area contributed by atoms with Crippen molar-refractivity contribution in [1.82, 2.24) is 0 Å². The molecule has 1 unspecified atom stereocenters. The van der Waals surface area contributed by atoms with E-state index >= 15 is 0 Å². The Bertz CT molecular complexity index is 453. The van der Waals surface area contributed by atoms with E-state index in [0.717, 1.165) is 0 Å². The molecule has 1 aromatic carbocycles. The molecule has 0 amide bonds. The van der Waals surface area contributed by atoms with Gasteiger partial charge in [-0.15, -0.1) is 0 Å². The number of phenolic OH excluding ortho intramolecular Hbond substituents is 1. The number of benzene rings is 1. The molecule has 18 heavy (non-hydrogen) atoms. The molecule has 1 atom stereocenters. The zero-order valence-corrected chi connectivity index (χ0v) is 12.5. The van der Waals surface area contributed by atoms with Crippen LogP contribution < -0.4 is 0 Å². The molecule has 4 nitrogen and oxygen atoms in total. The minimum Gasteiger partial charge on any atom is -0.506 e. The van der Waals surface area contributed by atoms with Gasteiger partial charge in [0.25, 0.3) is 0 Å². The number of aromatic hydroxyl groups is 1. The van der Waals surface area contributed by atoms with Gasteiger partial charge >= 0.3 is 5.97 Å². The molecule has 0 heterocycles. The Morgan fingerprint density at radius 2 is 1.83 bits per heavy atom. The predicted octanol–water partition coefficient (Wildman–Crippen LogP) is 2.68. The molecule has 0 aliphatic carbocycles. The van der Waals surface area contributed by atoms with Gasteiger partial charge in [0, 0.05) is 0 Å². The first-order valence-corrected chi connectivity index (χ1v) is 6.45. The van der Waals surface area contributed by atoms with Crippen LogP contribution in [0.3, 0.4) is 0 Å². The van der Waals surface area contributed by atoms with E-state index < -0.39 is 12.1 Å². The summed E-state index contributed by atoms with van der Waals surface area (Å²) in [6, 6.07) is 0. The summed E-state index contributed by atoms with van der Waals surface area (Å²) in [5, 5.41) is 19.9. The highest BCUT2D eigenvalue weighted by molar-refractivity contribution is 9.10. The molecule has 1 aromatic rings. The number of phenols is 1. The molecule has 0 aromatic heterocycles. The zero-order valence-electron chi connectivity index (χ0n) is 10.9. The van der Waals surface area contributed by atoms with Crippen molar-refractivity contribution < 1.29 is 19.7 Å². The van der Waals surface area contributed by atoms with Crippen LogP contribution in [0.5, 0.6) is 5.75 Å². The number of rotatable bonds is 3. The van der Waals surface area contributed by atoms with Crippen LogP contribution in [0.2, 0.25) is 0 Å². The van der Waals surface area contributed by atoms with E-state index in [1.165, 1.54) is 0 Å². The van der Waals surface area contributed by atoms with E-state index in [4.69, 9.17) is 4.74 Å². The van der Waals surface area contributed by atoms with Crippen LogP contribution in [0.15, 0.2) is 4.47 Å². The van der Waals surface area contributed by atoms with Gasteiger partial charge in [-0.25, -0.2) is 4.79 Å². The average molecular weight is 317 g/mol. The van der Waals surface area contributed by atoms with Gasteiger partial charge in [0.05, 0.1) is 11.1 Å². The van der Waals surface area contributed by atoms with Gasteiger partial charge in [-0.3, -0.25) is 0 Å². The monoisotopic (exact) mass is 316 g/mol. The predicted molar refractivity (Wildman–Crippen MR) is 71.6 cm³/mol. The van der Waals surface area contributed by atoms with E-state index in [2.05, 4.69) is 15.9 Å². The second-order valence-corrected chi connectivity index (χ2v) is 4.90. The molecule has 2 N–H and O–H groups in total. The number of hydrogen-bond donors (Lipinski definition) is 2. The van der Waals surface area contributed by atoms with Crippen molar-refractivity contribution in [2.45, 2.75) is 33.8 Å². The number of carbonyl (C=O) groups is 1. The summed E-state index contributed by atoms with van der Waals surface area (Å²) in [4.78, 5) is 11.6. The number of aliphatic hydroxyl groups excluding tert-OH is 1. The molecule has 0 fully saturated rings. The third-order valence-electron chi connectivity index (χ3n) is 3.05. The highest BCUT2D eigenvalue weighted by Gasteiger charge is 2.26. The molecular weight excluding hydrogens is 300 g/mol. The van der Waals surface area contributed by atoms with Crippen molar-refractivity contribution in [3.05, 3.63) is 26.7 Å². The van der Waals surface area contributed by atoms with Crippen LogP contribution in [0.1, 0.15) is 35.3 Å². The van der Waals surface area contributed by atoms with Gasteiger partial charge < -0.3 is 14.9 Å². The first-order chi connectivity index (χ1) is 8.32. The number of ether oxygens (including phenoxy) is 1. The summed E-state index contributed by atoms with van der Waals surface area (Å²) < 4.78 is 5.30. The molecule has 0 bridgehead atoms. The Labute approximate surface area is 115 Å². The molecule has 0 saturated carbocycles. The summed E-state index contributed by atoms with van der Waals surface area (Å²) >= 11 is 3.26. The Hall–Kier alpha value is -1.07. The quantitative estimate of drug-likeness (QED) is 0.841. The number of halogens is 1. The minimum atomic E-state index is -1.33. The highest BCUT2D eigenvalue weighted by Crippen LogP contribution is 2.38. The van der Waals surface area contributed by atoms with Crippen molar-refractivity contribution in [2.24, 2.45) is 0 Å². The summed E-state index contributed by atoms with van der Waals surface area (Å²) in [6.45, 7) is 7.12. The van der Waals surface area contributed by atoms with E-state index in [1.807, 2.05) is 0 Å². The Kier molecular flexibility index (Phi) is 4.76. The van der Waals surface area contributed by atoms with E-state index in [9.17, 15) is 15.0 Å². The lowest BCUT2D eigenvalue weighted by Gasteiger charge is -2.19. The molecule has 1 rings (SSSR count). The summed E-state index contributed by atoms with van der Waals surface area (Å²) in [7, 11) is 0. The lowest BCUT2D eigenvalue weighted by atomic mass is 9.93. The number of aliphatic hydroxyl groups is 1. The third-order valence-corrected chi connectivity index (χ3v) is 4.02. The SMILES string of the molecule is CCOC(=O)C(O)c1c(C)c(C)c(O)c(Br)c1C. The topological polar surface area (TPSA) is 66.8 Å². The first kappa shape index (κ1) is 15.0. The standard InChI is InChI=1S/C13H17BrO4/c1-5-18-13(17)12(16)9-6(2)7(3)11(15)10(14)8(9)4/h12,15-16H,5H2,1-4H3. The maximum absolute atomic E-state index is 11.6. The molecule has 0 spiro atoms. The van der Waals surface area contributed by atoms with Crippen molar-refractivity contribution >= 4 is 21.9 Å². The molecule has 5 heteroatoms. The van der Waals surface area contributed by atoms with Crippen molar-refractivity contribution in [3.63, 3.8) is 0 Å². The van der Waals surface area contributed by atoms with Crippen molar-refractivity contribution in [3.8, 4) is 5.75 Å². The maximum atomic E-state index is 11.6. The molecular formula is C13H17BrO4. The largest absolute Gasteiger partial charge is 0.506 e. The second kappa shape index (κ2) is 5.71. The van der Waals surface area contributed by atoms with Gasteiger partial charge in [-0.2, -0.15) is 0 Å². The Morgan fingerprint density at radius 3 is 2.33 bits per heavy atom. The maximum Gasteiger partial charge on any atom is 0.339 e. The fourth-order valence-electron chi connectivity index (χ4n) is 1.87. The van der Waals surface area contributed by atoms with E-state index in [-0.39, 0.29) is 12.4 Å². The highest BCUT2D eigenvalue weighted by atomic mass is 79.9. The molecule has 0 saturated heterocycles. The summed E-state index contributed by atoms with van der Waals surface area (Å²) in [5.41, 5.74) is 2.44. The summed E-state index contributed by atoms with van der Waals surface area (Å²) in [5.74, 6) is -0.550. The lowest BCUT2D eigenvalue weighted by molar-refractivity contribution is -0.153. The van der Waals surface area contributed by atoms with E-state index in [1.54, 1.807) is 27.7 Å². The second-order valence-electron chi connectivity index (χ2n) is 4.11. The molecule has 0 radical (unpaired) electrons. The smallest absolute Gasteiger partial charge is 0.339 e. The normalized spacial score (nSPS) is 12.3. The van der Waals surface area contributed by atoms with Gasteiger partial charge in [0.1, 0.15) is 5.75 Å². The summed E-state index contributed by atoms with van der Waals surface area (Å²) in [6.07, 6.45) is -1.33. The third kappa shape index (κ3) is 2.52. The number of esters is 1. The van der Waals surface area contributed by atoms with Crippen molar-refractivity contribution in [1.29, 1.82) is 0 Å². The molecule has 0 aliphatic heterocycles. The fourth-order valence-corrected chi connectivity index (χ4v) is 2.38. The van der Waals surface area contributed by atoms with Gasteiger partial charge in [-0.05, 0) is 65.9 Å². The minimum absolute atomic E-state index is 0.129. The Morgan fingerprint density at radius 1 is 1.28 bits per heavy atom. The van der Waals surface area contributed by atoms with Gasteiger partial charge in [0.15, 0.2) is 6.10 Å². The zero-order chi connectivity index (χ0) is 14.0. The van der Waals surface area contributed by atoms with E-state index in [0.29, 0.717) is 26.7 Å². The van der Waals surface area contributed by atoms with Crippen molar-refractivity contribution in [2.75, 3.05) is 6.61 Å².